The van der Waals surface area contributed by atoms with Crippen molar-refractivity contribution in [3.8, 4) is 11.5 Å². The van der Waals surface area contributed by atoms with Crippen LogP contribution in [0.1, 0.15) is 11.5 Å². The number of nitrogens with one attached hydrogen (secondary N) is 2. The molecule has 0 aliphatic rings. The number of hydrogen-bond donors (Lipinski definition) is 2. The molecule has 0 unspecified atom stereocenters. The van der Waals surface area contributed by atoms with Gasteiger partial charge in [-0.05, 0) is 53.2 Å². The number of halogens is 1. The number of methoxy groups -OCH3 is 1. The number of amides is 1. The summed E-state index contributed by atoms with van der Waals surface area (Å²) in [5.74, 6) is 2.21. The summed E-state index contributed by atoms with van der Waals surface area (Å²) in [5, 5.41) is 0. The lowest BCUT2D eigenvalue weighted by Crippen LogP contribution is -2.38. The van der Waals surface area contributed by atoms with Gasteiger partial charge in [-0.3, -0.25) is 15.6 Å². The van der Waals surface area contributed by atoms with E-state index < -0.39 is 0 Å². The maximum Gasteiger partial charge on any atom is 0.276 e. The first-order valence-electron chi connectivity index (χ1n) is 6.76. The fourth-order valence-electron chi connectivity index (χ4n) is 1.71. The van der Waals surface area contributed by atoms with Gasteiger partial charge >= 0.3 is 0 Å². The van der Waals surface area contributed by atoms with Gasteiger partial charge in [0.05, 0.1) is 17.3 Å². The molecule has 1 aromatic carbocycles. The maximum atomic E-state index is 11.8. The molecule has 0 spiro atoms. The molecule has 2 N–H and O–H groups in total. The average Bonchev–Trinajstić information content (AvgIpc) is 2.97. The lowest BCUT2D eigenvalue weighted by atomic mass is 10.3. The van der Waals surface area contributed by atoms with Crippen LogP contribution < -0.4 is 20.3 Å². The fourth-order valence-corrected chi connectivity index (χ4v) is 2.18. The number of carbonyl (C=O) groups is 1. The fraction of sp³-hybridized carbons (Fsp3) is 0.188. The number of hydrogen-bond acceptors (Lipinski definition) is 5. The first-order valence-corrected chi connectivity index (χ1v) is 7.56. The first-order chi connectivity index (χ1) is 11.0. The van der Waals surface area contributed by atoms with Crippen molar-refractivity contribution in [2.75, 3.05) is 13.7 Å². The van der Waals surface area contributed by atoms with Crippen molar-refractivity contribution >= 4 is 27.5 Å². The molecular formula is C16H17BrN2O4. The Morgan fingerprint density at radius 3 is 2.70 bits per heavy atom. The van der Waals surface area contributed by atoms with E-state index in [1.807, 2.05) is 13.0 Å². The van der Waals surface area contributed by atoms with Gasteiger partial charge in [-0.15, -0.1) is 0 Å². The average molecular weight is 381 g/mol. The van der Waals surface area contributed by atoms with Crippen LogP contribution in [0.4, 0.5) is 0 Å². The number of furan rings is 1. The summed E-state index contributed by atoms with van der Waals surface area (Å²) in [6, 6.07) is 8.80. The molecule has 0 aliphatic carbocycles. The van der Waals surface area contributed by atoms with E-state index in [1.54, 1.807) is 31.4 Å². The molecule has 1 amide bonds. The van der Waals surface area contributed by atoms with Crippen molar-refractivity contribution in [2.24, 2.45) is 0 Å². The Hall–Kier alpha value is -2.41. The van der Waals surface area contributed by atoms with E-state index in [9.17, 15) is 4.79 Å². The van der Waals surface area contributed by atoms with Gasteiger partial charge in [0, 0.05) is 0 Å². The summed E-state index contributed by atoms with van der Waals surface area (Å²) in [6.07, 6.45) is 0. The summed E-state index contributed by atoms with van der Waals surface area (Å²) >= 11 is 3.35. The highest BCUT2D eigenvalue weighted by Gasteiger charge is 2.08. The van der Waals surface area contributed by atoms with E-state index in [4.69, 9.17) is 13.9 Å². The topological polar surface area (TPSA) is 72.7 Å². The molecule has 0 aliphatic heterocycles. The highest BCUT2D eigenvalue weighted by atomic mass is 79.9. The lowest BCUT2D eigenvalue weighted by Gasteiger charge is -2.11. The molecule has 1 aromatic heterocycles. The van der Waals surface area contributed by atoms with Crippen molar-refractivity contribution in [1.82, 2.24) is 10.9 Å². The zero-order valence-electron chi connectivity index (χ0n) is 12.8. The quantitative estimate of drug-likeness (QED) is 0.722. The van der Waals surface area contributed by atoms with E-state index >= 15 is 0 Å². The van der Waals surface area contributed by atoms with Gasteiger partial charge in [-0.25, -0.2) is 0 Å². The predicted molar refractivity (Wildman–Crippen MR) is 89.9 cm³/mol. The van der Waals surface area contributed by atoms with Crippen LogP contribution in [0, 0.1) is 6.92 Å². The van der Waals surface area contributed by atoms with Crippen molar-refractivity contribution in [3.63, 3.8) is 0 Å². The summed E-state index contributed by atoms with van der Waals surface area (Å²) in [6.45, 7) is 5.46. The highest BCUT2D eigenvalue weighted by Crippen LogP contribution is 2.28. The summed E-state index contributed by atoms with van der Waals surface area (Å²) in [7, 11) is 1.58. The molecule has 0 fully saturated rings. The molecule has 0 atom stereocenters. The molecule has 2 aromatic rings. The van der Waals surface area contributed by atoms with Gasteiger partial charge in [-0.2, -0.15) is 0 Å². The van der Waals surface area contributed by atoms with Crippen LogP contribution in [0.15, 0.2) is 45.8 Å². The van der Waals surface area contributed by atoms with Crippen LogP contribution in [-0.4, -0.2) is 19.6 Å². The second kappa shape index (κ2) is 7.73. The maximum absolute atomic E-state index is 11.8. The smallest absolute Gasteiger partial charge is 0.276 e. The van der Waals surface area contributed by atoms with E-state index in [2.05, 4.69) is 33.4 Å². The third kappa shape index (κ3) is 4.79. The molecule has 7 heteroatoms. The van der Waals surface area contributed by atoms with E-state index in [0.29, 0.717) is 27.4 Å². The van der Waals surface area contributed by atoms with Crippen molar-refractivity contribution in [3.05, 3.63) is 52.9 Å². The standard InChI is InChI=1S/C16H17BrN2O4/c1-10-4-6-14(23-10)11(2)18-19-16(20)9-22-15-7-5-12(21-3)8-13(15)17/h4-8,18H,2,9H2,1,3H3,(H,19,20). The van der Waals surface area contributed by atoms with Gasteiger partial charge in [0.1, 0.15) is 17.3 Å². The summed E-state index contributed by atoms with van der Waals surface area (Å²) < 4.78 is 16.6. The van der Waals surface area contributed by atoms with Crippen LogP contribution >= 0.6 is 15.9 Å². The largest absolute Gasteiger partial charge is 0.497 e. The third-order valence-electron chi connectivity index (χ3n) is 2.89. The van der Waals surface area contributed by atoms with Crippen molar-refractivity contribution in [2.45, 2.75) is 6.92 Å². The Kier molecular flexibility index (Phi) is 5.70. The van der Waals surface area contributed by atoms with Crippen LogP contribution in [0.2, 0.25) is 0 Å². The van der Waals surface area contributed by atoms with Crippen LogP contribution in [0.5, 0.6) is 11.5 Å². The molecule has 0 saturated heterocycles. The van der Waals surface area contributed by atoms with Crippen molar-refractivity contribution < 1.29 is 18.7 Å². The highest BCUT2D eigenvalue weighted by molar-refractivity contribution is 9.10. The first kappa shape index (κ1) is 17.0. The van der Waals surface area contributed by atoms with Gasteiger partial charge in [0.15, 0.2) is 12.4 Å². The van der Waals surface area contributed by atoms with Crippen LogP contribution in [0.25, 0.3) is 5.70 Å². The molecule has 0 bridgehead atoms. The molecule has 1 heterocycles. The number of benzene rings is 1. The number of ether oxygens (including phenoxy) is 2. The van der Waals surface area contributed by atoms with Crippen molar-refractivity contribution in [1.29, 1.82) is 0 Å². The third-order valence-corrected chi connectivity index (χ3v) is 3.51. The number of rotatable bonds is 7. The summed E-state index contributed by atoms with van der Waals surface area (Å²) in [5.41, 5.74) is 5.63. The Balaban J connectivity index is 1.80. The second-order valence-electron chi connectivity index (χ2n) is 4.65. The second-order valence-corrected chi connectivity index (χ2v) is 5.50. The Morgan fingerprint density at radius 1 is 1.30 bits per heavy atom. The minimum Gasteiger partial charge on any atom is -0.497 e. The molecule has 0 saturated carbocycles. The lowest BCUT2D eigenvalue weighted by molar-refractivity contribution is -0.123. The molecule has 0 radical (unpaired) electrons. The van der Waals surface area contributed by atoms with Gasteiger partial charge in [-0.1, -0.05) is 6.58 Å². The Labute approximate surface area is 142 Å². The SMILES string of the molecule is C=C(NNC(=O)COc1ccc(OC)cc1Br)c1ccc(C)o1. The van der Waals surface area contributed by atoms with Gasteiger partial charge in [0.25, 0.3) is 5.91 Å². The molecule has 6 nitrogen and oxygen atoms in total. The minimum absolute atomic E-state index is 0.150. The summed E-state index contributed by atoms with van der Waals surface area (Å²) in [4.78, 5) is 11.8. The molecule has 2 rings (SSSR count). The van der Waals surface area contributed by atoms with Crippen LogP contribution in [-0.2, 0) is 4.79 Å². The number of aryl methyl sites for hydroxylation is 1. The molecule has 23 heavy (non-hydrogen) atoms. The Morgan fingerprint density at radius 2 is 2.09 bits per heavy atom. The van der Waals surface area contributed by atoms with E-state index in [1.165, 1.54) is 0 Å². The zero-order valence-corrected chi connectivity index (χ0v) is 14.4. The zero-order chi connectivity index (χ0) is 16.8. The molecule has 122 valence electrons. The Bertz CT molecular complexity index is 712. The van der Waals surface area contributed by atoms with Crippen LogP contribution in [0.3, 0.4) is 0 Å². The monoisotopic (exact) mass is 380 g/mol. The minimum atomic E-state index is -0.350. The number of carbonyl (C=O) groups excluding carboxylic acids is 1. The predicted octanol–water partition coefficient (Wildman–Crippen LogP) is 3.03. The van der Waals surface area contributed by atoms with Gasteiger partial charge < -0.3 is 13.9 Å². The molecular weight excluding hydrogens is 364 g/mol. The van der Waals surface area contributed by atoms with E-state index in [0.717, 1.165) is 5.76 Å². The van der Waals surface area contributed by atoms with Gasteiger partial charge in [0.2, 0.25) is 0 Å². The van der Waals surface area contributed by atoms with E-state index in [-0.39, 0.29) is 12.5 Å². The normalized spacial score (nSPS) is 10.0. The number of hydrazine groups is 1.